The van der Waals surface area contributed by atoms with E-state index in [0.29, 0.717) is 11.3 Å². The third-order valence-corrected chi connectivity index (χ3v) is 4.46. The van der Waals surface area contributed by atoms with Crippen molar-refractivity contribution in [2.45, 2.75) is 18.7 Å². The predicted molar refractivity (Wildman–Crippen MR) is 74.3 cm³/mol. The molecule has 1 aromatic carbocycles. The number of nitrogens with one attached hydrogen (secondary N) is 2. The van der Waals surface area contributed by atoms with Gasteiger partial charge in [-0.15, -0.1) is 0 Å². The Kier molecular flexibility index (Phi) is 5.04. The highest BCUT2D eigenvalue weighted by molar-refractivity contribution is 7.89. The number of amides is 1. The van der Waals surface area contributed by atoms with Crippen molar-refractivity contribution in [3.8, 4) is 0 Å². The molecule has 7 heteroatoms. The molecular weight excluding hydrogens is 266 g/mol. The monoisotopic (exact) mass is 285 g/mol. The molecule has 0 aliphatic rings. The van der Waals surface area contributed by atoms with Crippen LogP contribution in [0.2, 0.25) is 0 Å². The highest BCUT2D eigenvalue weighted by Crippen LogP contribution is 2.23. The van der Waals surface area contributed by atoms with Crippen molar-refractivity contribution in [1.29, 1.82) is 0 Å². The molecule has 1 amide bonds. The van der Waals surface area contributed by atoms with Crippen molar-refractivity contribution in [3.05, 3.63) is 23.8 Å². The first kappa shape index (κ1) is 15.6. The fourth-order valence-electron chi connectivity index (χ4n) is 1.51. The average molecular weight is 285 g/mol. The first-order valence-electron chi connectivity index (χ1n) is 5.87. The molecule has 19 heavy (non-hydrogen) atoms. The largest absolute Gasteiger partial charge is 0.330 e. The van der Waals surface area contributed by atoms with Gasteiger partial charge < -0.3 is 11.1 Å². The maximum Gasteiger partial charge on any atom is 0.240 e. The number of hydrogen-bond acceptors (Lipinski definition) is 4. The van der Waals surface area contributed by atoms with E-state index >= 15 is 0 Å². The van der Waals surface area contributed by atoms with Crippen LogP contribution in [0, 0.1) is 12.8 Å². The summed E-state index contributed by atoms with van der Waals surface area (Å²) < 4.78 is 25.9. The zero-order chi connectivity index (χ0) is 14.6. The highest BCUT2D eigenvalue weighted by Gasteiger charge is 2.18. The molecule has 6 nitrogen and oxygen atoms in total. The van der Waals surface area contributed by atoms with Gasteiger partial charge in [0.1, 0.15) is 0 Å². The van der Waals surface area contributed by atoms with Crippen LogP contribution in [0.25, 0.3) is 0 Å². The van der Waals surface area contributed by atoms with Crippen LogP contribution in [0.1, 0.15) is 12.5 Å². The molecule has 0 aliphatic heterocycles. The molecule has 0 bridgehead atoms. The summed E-state index contributed by atoms with van der Waals surface area (Å²) in [6, 6.07) is 4.73. The van der Waals surface area contributed by atoms with E-state index in [4.69, 9.17) is 5.73 Å². The van der Waals surface area contributed by atoms with E-state index in [9.17, 15) is 13.2 Å². The van der Waals surface area contributed by atoms with Crippen LogP contribution in [-0.2, 0) is 14.8 Å². The minimum absolute atomic E-state index is 0.146. The van der Waals surface area contributed by atoms with Crippen LogP contribution in [0.15, 0.2) is 23.1 Å². The molecule has 0 aromatic heterocycles. The van der Waals surface area contributed by atoms with Crippen LogP contribution >= 0.6 is 0 Å². The van der Waals surface area contributed by atoms with E-state index in [2.05, 4.69) is 10.0 Å². The summed E-state index contributed by atoms with van der Waals surface area (Å²) >= 11 is 0. The Hall–Kier alpha value is -1.44. The van der Waals surface area contributed by atoms with Crippen LogP contribution in [0.5, 0.6) is 0 Å². The third kappa shape index (κ3) is 3.52. The first-order valence-corrected chi connectivity index (χ1v) is 7.36. The Labute approximate surface area is 113 Å². The smallest absolute Gasteiger partial charge is 0.240 e. The number of benzene rings is 1. The lowest BCUT2D eigenvalue weighted by Crippen LogP contribution is -2.27. The van der Waals surface area contributed by atoms with E-state index in [1.807, 2.05) is 0 Å². The zero-order valence-electron chi connectivity index (χ0n) is 11.2. The van der Waals surface area contributed by atoms with Gasteiger partial charge in [0.25, 0.3) is 0 Å². The molecule has 106 valence electrons. The first-order chi connectivity index (χ1) is 8.83. The molecule has 0 saturated heterocycles. The van der Waals surface area contributed by atoms with Gasteiger partial charge in [-0.05, 0) is 31.7 Å². The van der Waals surface area contributed by atoms with E-state index in [1.54, 1.807) is 26.0 Å². The maximum absolute atomic E-state index is 11.8. The number of sulfonamides is 1. The number of hydrogen-bond donors (Lipinski definition) is 3. The number of anilines is 1. The molecule has 0 heterocycles. The van der Waals surface area contributed by atoms with Gasteiger partial charge in [-0.1, -0.05) is 13.0 Å². The van der Waals surface area contributed by atoms with Crippen molar-refractivity contribution in [2.24, 2.45) is 11.7 Å². The van der Waals surface area contributed by atoms with Gasteiger partial charge in [0, 0.05) is 18.2 Å². The van der Waals surface area contributed by atoms with E-state index < -0.39 is 10.0 Å². The molecule has 1 atom stereocenters. The van der Waals surface area contributed by atoms with E-state index in [1.165, 1.54) is 13.1 Å². The van der Waals surface area contributed by atoms with Crippen molar-refractivity contribution in [1.82, 2.24) is 4.72 Å². The third-order valence-electron chi connectivity index (χ3n) is 2.90. The average Bonchev–Trinajstić information content (AvgIpc) is 2.39. The Morgan fingerprint density at radius 1 is 1.42 bits per heavy atom. The number of carbonyl (C=O) groups excluding carboxylic acids is 1. The normalized spacial score (nSPS) is 13.1. The summed E-state index contributed by atoms with van der Waals surface area (Å²) in [5.41, 5.74) is 6.39. The van der Waals surface area contributed by atoms with Crippen molar-refractivity contribution in [2.75, 3.05) is 18.9 Å². The Balaban J connectivity index is 3.13. The second kappa shape index (κ2) is 6.14. The maximum atomic E-state index is 11.8. The van der Waals surface area contributed by atoms with E-state index in [0.717, 1.165) is 0 Å². The van der Waals surface area contributed by atoms with Crippen molar-refractivity contribution in [3.63, 3.8) is 0 Å². The van der Waals surface area contributed by atoms with Gasteiger partial charge in [-0.3, -0.25) is 4.79 Å². The summed E-state index contributed by atoms with van der Waals surface area (Å²) in [6.45, 7) is 3.59. The molecule has 0 saturated carbocycles. The summed E-state index contributed by atoms with van der Waals surface area (Å²) in [4.78, 5) is 11.9. The molecule has 1 aromatic rings. The van der Waals surface area contributed by atoms with Gasteiger partial charge in [0.2, 0.25) is 15.9 Å². The molecule has 1 rings (SSSR count). The summed E-state index contributed by atoms with van der Waals surface area (Å²) in [5, 5.41) is 2.69. The summed E-state index contributed by atoms with van der Waals surface area (Å²) in [5.74, 6) is -0.562. The van der Waals surface area contributed by atoms with Crippen LogP contribution in [0.4, 0.5) is 5.69 Å². The molecule has 0 aliphatic carbocycles. The quantitative estimate of drug-likeness (QED) is 0.730. The van der Waals surface area contributed by atoms with E-state index in [-0.39, 0.29) is 23.3 Å². The minimum Gasteiger partial charge on any atom is -0.330 e. The highest BCUT2D eigenvalue weighted by atomic mass is 32.2. The predicted octanol–water partition coefficient (Wildman–Crippen LogP) is 0.436. The van der Waals surface area contributed by atoms with Crippen LogP contribution in [0.3, 0.4) is 0 Å². The zero-order valence-corrected chi connectivity index (χ0v) is 12.0. The molecule has 1 unspecified atom stereocenters. The summed E-state index contributed by atoms with van der Waals surface area (Å²) in [7, 11) is -2.20. The Bertz CT molecular complexity index is 570. The van der Waals surface area contributed by atoms with Crippen LogP contribution < -0.4 is 15.8 Å². The SMILES string of the molecule is CNS(=O)(=O)c1cccc(NC(=O)C(C)CN)c1C. The number of carbonyl (C=O) groups is 1. The molecule has 4 N–H and O–H groups in total. The Morgan fingerprint density at radius 2 is 2.05 bits per heavy atom. The number of nitrogens with two attached hydrogens (primary N) is 1. The standard InChI is InChI=1S/C12H19N3O3S/c1-8(7-13)12(16)15-10-5-4-6-11(9(10)2)19(17,18)14-3/h4-6,8,14H,7,13H2,1-3H3,(H,15,16). The molecule has 0 spiro atoms. The molecule has 0 radical (unpaired) electrons. The second-order valence-corrected chi connectivity index (χ2v) is 6.12. The van der Waals surface area contributed by atoms with Gasteiger partial charge in [-0.25, -0.2) is 13.1 Å². The van der Waals surface area contributed by atoms with Crippen molar-refractivity contribution >= 4 is 21.6 Å². The molecule has 0 fully saturated rings. The Morgan fingerprint density at radius 3 is 2.58 bits per heavy atom. The fraction of sp³-hybridized carbons (Fsp3) is 0.417. The van der Waals surface area contributed by atoms with Gasteiger partial charge in [0.15, 0.2) is 0 Å². The topological polar surface area (TPSA) is 101 Å². The van der Waals surface area contributed by atoms with Gasteiger partial charge in [0.05, 0.1) is 4.90 Å². The lowest BCUT2D eigenvalue weighted by Gasteiger charge is -2.14. The number of rotatable bonds is 5. The lowest BCUT2D eigenvalue weighted by atomic mass is 10.1. The second-order valence-electron chi connectivity index (χ2n) is 4.26. The van der Waals surface area contributed by atoms with Gasteiger partial charge in [-0.2, -0.15) is 0 Å². The summed E-state index contributed by atoms with van der Waals surface area (Å²) in [6.07, 6.45) is 0. The van der Waals surface area contributed by atoms with Crippen molar-refractivity contribution < 1.29 is 13.2 Å². The molecular formula is C12H19N3O3S. The van der Waals surface area contributed by atoms with Crippen LogP contribution in [-0.4, -0.2) is 27.9 Å². The minimum atomic E-state index is -3.54. The fourth-order valence-corrected chi connectivity index (χ4v) is 2.50. The lowest BCUT2D eigenvalue weighted by molar-refractivity contribution is -0.119. The van der Waals surface area contributed by atoms with Gasteiger partial charge >= 0.3 is 0 Å².